The lowest BCUT2D eigenvalue weighted by molar-refractivity contribution is -0.148. The minimum atomic E-state index is -0.939. The van der Waals surface area contributed by atoms with Crippen LogP contribution >= 0.6 is 0 Å². The summed E-state index contributed by atoms with van der Waals surface area (Å²) in [6.45, 7) is 3.50. The Bertz CT molecular complexity index is 473. The molecule has 0 spiro atoms. The van der Waals surface area contributed by atoms with Crippen molar-refractivity contribution in [3.63, 3.8) is 0 Å². The van der Waals surface area contributed by atoms with Crippen molar-refractivity contribution < 1.29 is 19.1 Å². The third kappa shape index (κ3) is 4.64. The van der Waals surface area contributed by atoms with E-state index >= 15 is 0 Å². The van der Waals surface area contributed by atoms with Crippen LogP contribution in [0.5, 0.6) is 0 Å². The normalized spacial score (nSPS) is 13.6. The fourth-order valence-corrected chi connectivity index (χ4v) is 1.64. The Morgan fingerprint density at radius 3 is 2.40 bits per heavy atom. The van der Waals surface area contributed by atoms with Gasteiger partial charge in [0.15, 0.2) is 0 Å². The van der Waals surface area contributed by atoms with Gasteiger partial charge in [-0.15, -0.1) is 0 Å². The quantitative estimate of drug-likeness (QED) is 0.806. The highest BCUT2D eigenvalue weighted by atomic mass is 19.1. The molecular weight excluding hydrogens is 261 g/mol. The number of hydrogen-bond acceptors (Lipinski definition) is 2. The molecule has 1 amide bonds. The van der Waals surface area contributed by atoms with Crippen molar-refractivity contribution in [1.82, 2.24) is 5.32 Å². The van der Waals surface area contributed by atoms with E-state index in [1.54, 1.807) is 26.0 Å². The summed E-state index contributed by atoms with van der Waals surface area (Å²) in [5.41, 5.74) is -0.0658. The number of amides is 1. The van der Waals surface area contributed by atoms with Crippen LogP contribution in [0.25, 0.3) is 0 Å². The maximum absolute atomic E-state index is 12.7. The van der Waals surface area contributed by atoms with Crippen molar-refractivity contribution >= 4 is 11.9 Å². The van der Waals surface area contributed by atoms with Gasteiger partial charge in [0.25, 0.3) is 0 Å². The fraction of sp³-hybridized carbons (Fsp3) is 0.467. The molecule has 0 fully saturated rings. The van der Waals surface area contributed by atoms with Crippen LogP contribution in [0.3, 0.4) is 0 Å². The molecule has 1 atom stereocenters. The first kappa shape index (κ1) is 16.1. The smallest absolute Gasteiger partial charge is 0.311 e. The molecule has 1 aromatic rings. The summed E-state index contributed by atoms with van der Waals surface area (Å²) >= 11 is 0. The minimum absolute atomic E-state index is 0.112. The Morgan fingerprint density at radius 1 is 1.30 bits per heavy atom. The van der Waals surface area contributed by atoms with Crippen LogP contribution in [0.15, 0.2) is 24.3 Å². The fourth-order valence-electron chi connectivity index (χ4n) is 1.64. The number of carbonyl (C=O) groups excluding carboxylic acids is 1. The van der Waals surface area contributed by atoms with E-state index in [2.05, 4.69) is 5.32 Å². The van der Waals surface area contributed by atoms with Crippen molar-refractivity contribution in [3.05, 3.63) is 35.6 Å². The molecule has 0 aliphatic carbocycles. The minimum Gasteiger partial charge on any atom is -0.481 e. The second-order valence-electron chi connectivity index (χ2n) is 5.12. The molecule has 0 bridgehead atoms. The van der Waals surface area contributed by atoms with E-state index in [0.29, 0.717) is 12.8 Å². The molecule has 0 saturated carbocycles. The maximum Gasteiger partial charge on any atom is 0.311 e. The van der Waals surface area contributed by atoms with Crippen LogP contribution < -0.4 is 5.32 Å². The molecule has 2 N–H and O–H groups in total. The number of benzene rings is 1. The summed E-state index contributed by atoms with van der Waals surface area (Å²) in [6, 6.07) is 5.98. The van der Waals surface area contributed by atoms with Crippen LogP contribution in [-0.2, 0) is 16.0 Å². The van der Waals surface area contributed by atoms with Gasteiger partial charge in [0.1, 0.15) is 5.82 Å². The van der Waals surface area contributed by atoms with E-state index in [4.69, 9.17) is 5.11 Å². The number of carboxylic acids is 1. The van der Waals surface area contributed by atoms with Gasteiger partial charge in [0.05, 0.1) is 5.41 Å². The topological polar surface area (TPSA) is 66.4 Å². The van der Waals surface area contributed by atoms with Gasteiger partial charge in [-0.25, -0.2) is 4.39 Å². The second-order valence-corrected chi connectivity index (χ2v) is 5.12. The van der Waals surface area contributed by atoms with E-state index in [9.17, 15) is 14.0 Å². The SMILES string of the molecule is CCC(C)(CNC(=O)CCc1ccc(F)cc1)C(=O)O. The van der Waals surface area contributed by atoms with Crippen LogP contribution in [0.2, 0.25) is 0 Å². The van der Waals surface area contributed by atoms with Gasteiger partial charge >= 0.3 is 5.97 Å². The van der Waals surface area contributed by atoms with Crippen LogP contribution in [0, 0.1) is 11.2 Å². The molecule has 0 aromatic heterocycles. The Labute approximate surface area is 118 Å². The molecule has 4 nitrogen and oxygen atoms in total. The molecule has 0 radical (unpaired) electrons. The van der Waals surface area contributed by atoms with Gasteiger partial charge in [-0.2, -0.15) is 0 Å². The number of carboxylic acid groups (broad SMARTS) is 1. The Balaban J connectivity index is 2.41. The molecule has 1 rings (SSSR count). The number of carbonyl (C=O) groups is 2. The molecule has 5 heteroatoms. The van der Waals surface area contributed by atoms with Gasteiger partial charge in [-0.1, -0.05) is 19.1 Å². The van der Waals surface area contributed by atoms with Crippen LogP contribution in [0.1, 0.15) is 32.3 Å². The number of rotatable bonds is 7. The molecular formula is C15H20FNO3. The summed E-state index contributed by atoms with van der Waals surface area (Å²) in [4.78, 5) is 22.8. The Kier molecular flexibility index (Phi) is 5.67. The van der Waals surface area contributed by atoms with Crippen molar-refractivity contribution in [2.75, 3.05) is 6.54 Å². The van der Waals surface area contributed by atoms with E-state index in [1.807, 2.05) is 0 Å². The summed E-state index contributed by atoms with van der Waals surface area (Å²) in [5.74, 6) is -1.42. The number of aryl methyl sites for hydroxylation is 1. The van der Waals surface area contributed by atoms with Gasteiger partial charge in [-0.05, 0) is 37.5 Å². The standard InChI is InChI=1S/C15H20FNO3/c1-3-15(2,14(19)20)10-17-13(18)9-6-11-4-7-12(16)8-5-11/h4-5,7-8H,3,6,9-10H2,1-2H3,(H,17,18)(H,19,20). The average molecular weight is 281 g/mol. The molecule has 1 aromatic carbocycles. The van der Waals surface area contributed by atoms with Gasteiger partial charge in [0, 0.05) is 13.0 Å². The monoisotopic (exact) mass is 281 g/mol. The number of aliphatic carboxylic acids is 1. The molecule has 110 valence electrons. The highest BCUT2D eigenvalue weighted by Gasteiger charge is 2.31. The lowest BCUT2D eigenvalue weighted by Gasteiger charge is -2.23. The van der Waals surface area contributed by atoms with Gasteiger partial charge < -0.3 is 10.4 Å². The summed E-state index contributed by atoms with van der Waals surface area (Å²) in [7, 11) is 0. The molecule has 1 unspecified atom stereocenters. The molecule has 0 saturated heterocycles. The lowest BCUT2D eigenvalue weighted by atomic mass is 9.87. The third-order valence-electron chi connectivity index (χ3n) is 3.53. The van der Waals surface area contributed by atoms with Crippen molar-refractivity contribution in [3.8, 4) is 0 Å². The largest absolute Gasteiger partial charge is 0.481 e. The number of halogens is 1. The lowest BCUT2D eigenvalue weighted by Crippen LogP contribution is -2.40. The molecule has 0 heterocycles. The molecule has 0 aliphatic heterocycles. The highest BCUT2D eigenvalue weighted by molar-refractivity contribution is 5.78. The Morgan fingerprint density at radius 2 is 1.90 bits per heavy atom. The second kappa shape index (κ2) is 7.03. The highest BCUT2D eigenvalue weighted by Crippen LogP contribution is 2.19. The van der Waals surface area contributed by atoms with Gasteiger partial charge in [-0.3, -0.25) is 9.59 Å². The first-order valence-corrected chi connectivity index (χ1v) is 6.62. The summed E-state index contributed by atoms with van der Waals surface area (Å²) < 4.78 is 12.7. The van der Waals surface area contributed by atoms with Gasteiger partial charge in [0.2, 0.25) is 5.91 Å². The van der Waals surface area contributed by atoms with Crippen molar-refractivity contribution in [1.29, 1.82) is 0 Å². The first-order valence-electron chi connectivity index (χ1n) is 6.62. The van der Waals surface area contributed by atoms with E-state index in [0.717, 1.165) is 5.56 Å². The number of nitrogens with one attached hydrogen (secondary N) is 1. The van der Waals surface area contributed by atoms with E-state index in [-0.39, 0.29) is 24.7 Å². The molecule has 0 aliphatic rings. The van der Waals surface area contributed by atoms with Crippen molar-refractivity contribution in [2.45, 2.75) is 33.1 Å². The summed E-state index contributed by atoms with van der Waals surface area (Å²) in [5, 5.41) is 11.7. The average Bonchev–Trinajstić information content (AvgIpc) is 2.43. The summed E-state index contributed by atoms with van der Waals surface area (Å²) in [6.07, 6.45) is 1.20. The number of hydrogen-bond donors (Lipinski definition) is 2. The predicted octanol–water partition coefficient (Wildman–Crippen LogP) is 2.38. The van der Waals surface area contributed by atoms with E-state index < -0.39 is 11.4 Å². The van der Waals surface area contributed by atoms with Crippen LogP contribution in [-0.4, -0.2) is 23.5 Å². The van der Waals surface area contributed by atoms with Crippen molar-refractivity contribution in [2.24, 2.45) is 5.41 Å². The van der Waals surface area contributed by atoms with Crippen LogP contribution in [0.4, 0.5) is 4.39 Å². The van der Waals surface area contributed by atoms with E-state index in [1.165, 1.54) is 12.1 Å². The predicted molar refractivity (Wildman–Crippen MR) is 73.8 cm³/mol. The third-order valence-corrected chi connectivity index (χ3v) is 3.53. The maximum atomic E-state index is 12.7. The first-order chi connectivity index (χ1) is 9.37. The zero-order chi connectivity index (χ0) is 15.2. The Hall–Kier alpha value is -1.91. The zero-order valence-corrected chi connectivity index (χ0v) is 11.8. The molecule has 20 heavy (non-hydrogen) atoms. The zero-order valence-electron chi connectivity index (χ0n) is 11.8.